The van der Waals surface area contributed by atoms with Crippen molar-refractivity contribution < 1.29 is 17.6 Å². The molecular weight excluding hydrogens is 609 g/mol. The molecule has 46 heavy (non-hydrogen) atoms. The Labute approximate surface area is 263 Å². The van der Waals surface area contributed by atoms with Crippen LogP contribution in [-0.4, -0.2) is 55.7 Å². The Morgan fingerprint density at radius 1 is 0.978 bits per heavy atom. The van der Waals surface area contributed by atoms with Crippen LogP contribution in [0.25, 0.3) is 56.0 Å². The maximum atomic E-state index is 14.6. The van der Waals surface area contributed by atoms with Gasteiger partial charge in [0.05, 0.1) is 23.5 Å². The van der Waals surface area contributed by atoms with E-state index < -0.39 is 15.8 Å². The van der Waals surface area contributed by atoms with Gasteiger partial charge in [-0.15, -0.1) is 0 Å². The van der Waals surface area contributed by atoms with Crippen molar-refractivity contribution in [2.24, 2.45) is 5.92 Å². The minimum Gasteiger partial charge on any atom is -0.324 e. The number of carbonyl (C=O) groups is 1. The smallest absolute Gasteiger partial charge is 0.227 e. The van der Waals surface area contributed by atoms with Crippen LogP contribution in [0.2, 0.25) is 0 Å². The van der Waals surface area contributed by atoms with Crippen LogP contribution in [0.15, 0.2) is 61.2 Å². The molecule has 1 aliphatic carbocycles. The van der Waals surface area contributed by atoms with Gasteiger partial charge in [0, 0.05) is 47.7 Å². The molecule has 0 atom stereocenters. The van der Waals surface area contributed by atoms with Crippen molar-refractivity contribution >= 4 is 43.8 Å². The SMILES string of the molecule is CS(=O)(=O)NCc1cc(F)cc(-c2ccnc3[nH]c(-c4n[nH]c5ncc(-c6cncc(NC(=O)C7CCCCC7)c6)cc45)nc23)c1. The summed E-state index contributed by atoms with van der Waals surface area (Å²) < 4.78 is 40.2. The van der Waals surface area contributed by atoms with E-state index >= 15 is 0 Å². The Bertz CT molecular complexity index is 2210. The maximum Gasteiger partial charge on any atom is 0.227 e. The Kier molecular flexibility index (Phi) is 7.74. The van der Waals surface area contributed by atoms with E-state index in [1.54, 1.807) is 36.9 Å². The van der Waals surface area contributed by atoms with E-state index in [-0.39, 0.29) is 18.4 Å². The van der Waals surface area contributed by atoms with Crippen molar-refractivity contribution in [1.82, 2.24) is 39.8 Å². The zero-order valence-corrected chi connectivity index (χ0v) is 25.7. The molecule has 5 aromatic heterocycles. The number of halogens is 1. The number of benzene rings is 1. The summed E-state index contributed by atoms with van der Waals surface area (Å²) in [5, 5.41) is 11.2. The number of amides is 1. The first-order chi connectivity index (χ1) is 22.2. The molecule has 1 aliphatic rings. The van der Waals surface area contributed by atoms with Gasteiger partial charge in [0.1, 0.15) is 17.0 Å². The van der Waals surface area contributed by atoms with Crippen LogP contribution in [0.3, 0.4) is 0 Å². The molecule has 5 heterocycles. The number of rotatable bonds is 8. The molecule has 4 N–H and O–H groups in total. The number of anilines is 1. The molecule has 1 aromatic carbocycles. The van der Waals surface area contributed by atoms with Gasteiger partial charge in [-0.25, -0.2) is 32.5 Å². The van der Waals surface area contributed by atoms with E-state index in [4.69, 9.17) is 4.98 Å². The highest BCUT2D eigenvalue weighted by atomic mass is 32.2. The van der Waals surface area contributed by atoms with Gasteiger partial charge in [-0.2, -0.15) is 5.10 Å². The molecule has 1 fully saturated rings. The first-order valence-corrected chi connectivity index (χ1v) is 16.8. The van der Waals surface area contributed by atoms with E-state index in [1.807, 2.05) is 12.1 Å². The lowest BCUT2D eigenvalue weighted by atomic mass is 9.88. The minimum absolute atomic E-state index is 0.0299. The van der Waals surface area contributed by atoms with Crippen LogP contribution in [0.4, 0.5) is 10.1 Å². The zero-order valence-electron chi connectivity index (χ0n) is 24.8. The first kappa shape index (κ1) is 29.6. The fourth-order valence-corrected chi connectivity index (χ4v) is 6.32. The number of H-pyrrole nitrogens is 2. The fraction of sp³-hybridized carbons (Fsp3) is 0.250. The second-order valence-electron chi connectivity index (χ2n) is 11.6. The molecule has 0 saturated heterocycles. The van der Waals surface area contributed by atoms with Gasteiger partial charge in [0.15, 0.2) is 17.1 Å². The number of aromatic amines is 2. The first-order valence-electron chi connectivity index (χ1n) is 14.9. The highest BCUT2D eigenvalue weighted by molar-refractivity contribution is 7.88. The van der Waals surface area contributed by atoms with Gasteiger partial charge in [-0.05, 0) is 60.4 Å². The summed E-state index contributed by atoms with van der Waals surface area (Å²) in [6, 6.07) is 9.90. The molecule has 6 aromatic rings. The molecular formula is C32H30FN9O3S. The lowest BCUT2D eigenvalue weighted by molar-refractivity contribution is -0.120. The highest BCUT2D eigenvalue weighted by Crippen LogP contribution is 2.33. The average Bonchev–Trinajstić information content (AvgIpc) is 3.68. The van der Waals surface area contributed by atoms with Crippen LogP contribution >= 0.6 is 0 Å². The van der Waals surface area contributed by atoms with Gasteiger partial charge in [-0.1, -0.05) is 19.3 Å². The number of nitrogens with zero attached hydrogens (tertiary/aromatic N) is 5. The summed E-state index contributed by atoms with van der Waals surface area (Å²) in [6.45, 7) is -0.0520. The number of imidazole rings is 1. The molecule has 1 saturated carbocycles. The number of aromatic nitrogens is 7. The predicted octanol–water partition coefficient (Wildman–Crippen LogP) is 5.33. The Hall–Kier alpha value is -5.08. The van der Waals surface area contributed by atoms with Gasteiger partial charge >= 0.3 is 0 Å². The van der Waals surface area contributed by atoms with E-state index in [2.05, 4.69) is 40.2 Å². The third-order valence-corrected chi connectivity index (χ3v) is 8.82. The fourth-order valence-electron chi connectivity index (χ4n) is 5.90. The van der Waals surface area contributed by atoms with Gasteiger partial charge in [0.2, 0.25) is 15.9 Å². The summed E-state index contributed by atoms with van der Waals surface area (Å²) >= 11 is 0. The second-order valence-corrected chi connectivity index (χ2v) is 13.4. The van der Waals surface area contributed by atoms with Crippen LogP contribution in [0.5, 0.6) is 0 Å². The van der Waals surface area contributed by atoms with Crippen molar-refractivity contribution in [3.05, 3.63) is 72.6 Å². The molecule has 0 radical (unpaired) electrons. The standard InChI is InChI=1S/C32H30FN9O3S/c1-46(44,45)37-14-18-9-20(11-23(33)10-18)25-7-8-35-30-27(25)39-31(40-30)28-26-13-22(16-36-29(26)42-41-28)21-12-24(17-34-15-21)38-32(43)19-5-3-2-4-6-19/h7-13,15-17,19,37H,2-6,14H2,1H3,(H,38,43)(H,35,39,40)(H,36,41,42). The van der Waals surface area contributed by atoms with Gasteiger partial charge in [-0.3, -0.25) is 14.9 Å². The molecule has 1 amide bonds. The number of hydrogen-bond acceptors (Lipinski definition) is 8. The summed E-state index contributed by atoms with van der Waals surface area (Å²) in [4.78, 5) is 34.2. The van der Waals surface area contributed by atoms with Crippen molar-refractivity contribution in [3.8, 4) is 33.8 Å². The number of sulfonamides is 1. The normalized spacial score (nSPS) is 14.2. The second kappa shape index (κ2) is 12.0. The van der Waals surface area contributed by atoms with Gasteiger partial charge < -0.3 is 10.3 Å². The quantitative estimate of drug-likeness (QED) is 0.173. The predicted molar refractivity (Wildman–Crippen MR) is 172 cm³/mol. The van der Waals surface area contributed by atoms with E-state index in [1.165, 1.54) is 18.6 Å². The number of nitrogens with one attached hydrogen (secondary N) is 4. The monoisotopic (exact) mass is 639 g/mol. The third kappa shape index (κ3) is 6.21. The Morgan fingerprint density at radius 2 is 1.80 bits per heavy atom. The third-order valence-electron chi connectivity index (χ3n) is 8.15. The topological polar surface area (TPSA) is 171 Å². The summed E-state index contributed by atoms with van der Waals surface area (Å²) in [5.74, 6) is -0.0144. The van der Waals surface area contributed by atoms with E-state index in [0.717, 1.165) is 43.1 Å². The molecule has 234 valence electrons. The van der Waals surface area contributed by atoms with Crippen molar-refractivity contribution in [2.75, 3.05) is 11.6 Å². The Morgan fingerprint density at radius 3 is 2.63 bits per heavy atom. The lowest BCUT2D eigenvalue weighted by Crippen LogP contribution is -2.24. The van der Waals surface area contributed by atoms with Crippen molar-refractivity contribution in [3.63, 3.8) is 0 Å². The van der Waals surface area contributed by atoms with Crippen LogP contribution in [-0.2, 0) is 21.4 Å². The zero-order chi connectivity index (χ0) is 31.8. The van der Waals surface area contributed by atoms with Crippen molar-refractivity contribution in [2.45, 2.75) is 38.6 Å². The minimum atomic E-state index is -3.45. The van der Waals surface area contributed by atoms with E-state index in [9.17, 15) is 17.6 Å². The molecule has 7 rings (SSSR count). The lowest BCUT2D eigenvalue weighted by Gasteiger charge is -2.20. The number of hydrogen-bond donors (Lipinski definition) is 4. The Balaban J connectivity index is 1.21. The highest BCUT2D eigenvalue weighted by Gasteiger charge is 2.22. The largest absolute Gasteiger partial charge is 0.324 e. The number of pyridine rings is 3. The molecule has 0 unspecified atom stereocenters. The van der Waals surface area contributed by atoms with Crippen LogP contribution in [0.1, 0.15) is 37.7 Å². The molecule has 0 spiro atoms. The molecule has 14 heteroatoms. The summed E-state index contributed by atoms with van der Waals surface area (Å²) in [6.07, 6.45) is 12.9. The average molecular weight is 640 g/mol. The van der Waals surface area contributed by atoms with Crippen LogP contribution < -0.4 is 10.0 Å². The summed E-state index contributed by atoms with van der Waals surface area (Å²) in [7, 11) is -3.45. The van der Waals surface area contributed by atoms with Crippen LogP contribution in [0, 0.1) is 11.7 Å². The van der Waals surface area contributed by atoms with E-state index in [0.29, 0.717) is 56.1 Å². The molecule has 12 nitrogen and oxygen atoms in total. The molecule has 0 bridgehead atoms. The molecule has 0 aliphatic heterocycles. The van der Waals surface area contributed by atoms with Crippen molar-refractivity contribution in [1.29, 1.82) is 0 Å². The summed E-state index contributed by atoms with van der Waals surface area (Å²) in [5.41, 5.74) is 5.82. The number of fused-ring (bicyclic) bond motifs is 2. The maximum absolute atomic E-state index is 14.6. The number of carbonyl (C=O) groups excluding carboxylic acids is 1. The van der Waals surface area contributed by atoms with Gasteiger partial charge in [0.25, 0.3) is 0 Å².